The van der Waals surface area contributed by atoms with Crippen LogP contribution in [0.25, 0.3) is 0 Å². The van der Waals surface area contributed by atoms with Crippen molar-refractivity contribution < 1.29 is 35.8 Å². The van der Waals surface area contributed by atoms with Crippen LogP contribution in [0.5, 0.6) is 0 Å². The van der Waals surface area contributed by atoms with E-state index in [1.807, 2.05) is 6.08 Å². The summed E-state index contributed by atoms with van der Waals surface area (Å²) >= 11 is 0. The van der Waals surface area contributed by atoms with Gasteiger partial charge < -0.3 is 9.47 Å². The molecule has 0 aliphatic heterocycles. The molecule has 0 aliphatic carbocycles. The van der Waals surface area contributed by atoms with Crippen LogP contribution < -0.4 is 0 Å². The second kappa shape index (κ2) is 9.80. The molecule has 0 N–H and O–H groups in total. The van der Waals surface area contributed by atoms with E-state index < -0.39 is 31.4 Å². The molecule has 0 aromatic rings. The second-order valence-electron chi connectivity index (χ2n) is 7.40. The SMILES string of the molecule is CC(C)(C)CCC/C=C/CCC(C)(OCC(F)(F)F)OCC(F)(F)F. The van der Waals surface area contributed by atoms with Gasteiger partial charge in [-0.05, 0) is 38.0 Å². The van der Waals surface area contributed by atoms with Gasteiger partial charge in [0.15, 0.2) is 5.79 Å². The van der Waals surface area contributed by atoms with Crippen LogP contribution >= 0.6 is 0 Å². The number of unbranched alkanes of at least 4 members (excludes halogenated alkanes) is 1. The minimum absolute atomic E-state index is 0.102. The maximum Gasteiger partial charge on any atom is 0.411 e. The number of hydrogen-bond donors (Lipinski definition) is 0. The van der Waals surface area contributed by atoms with Gasteiger partial charge in [0.2, 0.25) is 0 Å². The number of rotatable bonds is 10. The standard InChI is InChI=1S/C17H28F6O2/c1-14(2,3)10-8-6-5-7-9-11-15(4,24-12-16(18,19)20)25-13-17(21,22)23/h5,7H,6,8-13H2,1-4H3/b7-5+. The average molecular weight is 378 g/mol. The first-order valence-electron chi connectivity index (χ1n) is 8.18. The molecule has 0 unspecified atom stereocenters. The maximum absolute atomic E-state index is 12.3. The lowest BCUT2D eigenvalue weighted by Crippen LogP contribution is -2.39. The Morgan fingerprint density at radius 3 is 1.52 bits per heavy atom. The number of halogens is 6. The first kappa shape index (κ1) is 24.2. The van der Waals surface area contributed by atoms with Crippen molar-refractivity contribution in [3.8, 4) is 0 Å². The van der Waals surface area contributed by atoms with Gasteiger partial charge in [-0.15, -0.1) is 0 Å². The quantitative estimate of drug-likeness (QED) is 0.189. The largest absolute Gasteiger partial charge is 0.411 e. The van der Waals surface area contributed by atoms with E-state index in [4.69, 9.17) is 0 Å². The van der Waals surface area contributed by atoms with Crippen molar-refractivity contribution in [2.45, 2.75) is 77.9 Å². The van der Waals surface area contributed by atoms with Crippen LogP contribution in [0.2, 0.25) is 0 Å². The van der Waals surface area contributed by atoms with Gasteiger partial charge in [0, 0.05) is 6.42 Å². The predicted molar refractivity (Wildman–Crippen MR) is 84.1 cm³/mol. The van der Waals surface area contributed by atoms with Gasteiger partial charge in [-0.3, -0.25) is 0 Å². The van der Waals surface area contributed by atoms with Crippen LogP contribution in [0.1, 0.15) is 59.8 Å². The predicted octanol–water partition coefficient (Wildman–Crippen LogP) is 6.41. The van der Waals surface area contributed by atoms with Crippen LogP contribution in [0.3, 0.4) is 0 Å². The minimum Gasteiger partial charge on any atom is -0.341 e. The van der Waals surface area contributed by atoms with E-state index in [0.29, 0.717) is 0 Å². The van der Waals surface area contributed by atoms with Crippen LogP contribution in [0.4, 0.5) is 26.3 Å². The topological polar surface area (TPSA) is 18.5 Å². The zero-order valence-corrected chi connectivity index (χ0v) is 15.2. The summed E-state index contributed by atoms with van der Waals surface area (Å²) in [7, 11) is 0. The van der Waals surface area contributed by atoms with E-state index in [-0.39, 0.29) is 18.3 Å². The Balaban J connectivity index is 4.42. The van der Waals surface area contributed by atoms with Crippen LogP contribution in [0.15, 0.2) is 12.2 Å². The molecule has 25 heavy (non-hydrogen) atoms. The fraction of sp³-hybridized carbons (Fsp3) is 0.882. The summed E-state index contributed by atoms with van der Waals surface area (Å²) in [6, 6.07) is 0. The zero-order valence-electron chi connectivity index (χ0n) is 15.2. The third kappa shape index (κ3) is 16.5. The maximum atomic E-state index is 12.3. The van der Waals surface area contributed by atoms with Crippen LogP contribution in [-0.2, 0) is 9.47 Å². The molecule has 0 aliphatic rings. The van der Waals surface area contributed by atoms with Gasteiger partial charge in [0.25, 0.3) is 0 Å². The molecule has 0 spiro atoms. The summed E-state index contributed by atoms with van der Waals surface area (Å²) in [4.78, 5) is 0. The van der Waals surface area contributed by atoms with Crippen LogP contribution in [-0.4, -0.2) is 31.4 Å². The van der Waals surface area contributed by atoms with Crippen molar-refractivity contribution in [2.24, 2.45) is 5.41 Å². The highest BCUT2D eigenvalue weighted by molar-refractivity contribution is 4.84. The molecule has 0 atom stereocenters. The second-order valence-corrected chi connectivity index (χ2v) is 7.40. The fourth-order valence-corrected chi connectivity index (χ4v) is 1.99. The van der Waals surface area contributed by atoms with Crippen LogP contribution in [0, 0.1) is 5.41 Å². The van der Waals surface area contributed by atoms with Crippen molar-refractivity contribution in [1.82, 2.24) is 0 Å². The number of hydrogen-bond acceptors (Lipinski definition) is 2. The number of allylic oxidation sites excluding steroid dienone is 2. The normalized spacial score (nSPS) is 14.5. The van der Waals surface area contributed by atoms with E-state index >= 15 is 0 Å². The van der Waals surface area contributed by atoms with Crippen molar-refractivity contribution >= 4 is 0 Å². The zero-order chi connectivity index (χ0) is 19.8. The molecular formula is C17H28F6O2. The van der Waals surface area contributed by atoms with Gasteiger partial charge in [0.05, 0.1) is 0 Å². The molecular weight excluding hydrogens is 350 g/mol. The van der Waals surface area contributed by atoms with Crippen molar-refractivity contribution in [1.29, 1.82) is 0 Å². The Hall–Kier alpha value is -0.760. The molecule has 0 saturated carbocycles. The third-order valence-corrected chi connectivity index (χ3v) is 3.31. The molecule has 2 nitrogen and oxygen atoms in total. The molecule has 0 heterocycles. The van der Waals surface area contributed by atoms with E-state index in [1.165, 1.54) is 0 Å². The van der Waals surface area contributed by atoms with E-state index in [1.54, 1.807) is 6.08 Å². The lowest BCUT2D eigenvalue weighted by atomic mass is 9.90. The highest BCUT2D eigenvalue weighted by Gasteiger charge is 2.38. The molecule has 150 valence electrons. The van der Waals surface area contributed by atoms with E-state index in [9.17, 15) is 26.3 Å². The smallest absolute Gasteiger partial charge is 0.341 e. The first-order chi connectivity index (χ1) is 11.1. The molecule has 0 aromatic carbocycles. The van der Waals surface area contributed by atoms with E-state index in [2.05, 4.69) is 30.2 Å². The van der Waals surface area contributed by atoms with Crippen molar-refractivity contribution in [2.75, 3.05) is 13.2 Å². The molecule has 0 aromatic heterocycles. The summed E-state index contributed by atoms with van der Waals surface area (Å²) in [5.74, 6) is -1.94. The summed E-state index contributed by atoms with van der Waals surface area (Å²) in [5, 5.41) is 0. The Labute approximate surface area is 145 Å². The van der Waals surface area contributed by atoms with E-state index in [0.717, 1.165) is 26.2 Å². The Morgan fingerprint density at radius 2 is 1.12 bits per heavy atom. The first-order valence-corrected chi connectivity index (χ1v) is 8.18. The van der Waals surface area contributed by atoms with Gasteiger partial charge in [-0.2, -0.15) is 26.3 Å². The third-order valence-electron chi connectivity index (χ3n) is 3.31. The molecule has 0 bridgehead atoms. The average Bonchev–Trinajstić information content (AvgIpc) is 2.40. The fourth-order valence-electron chi connectivity index (χ4n) is 1.99. The van der Waals surface area contributed by atoms with Gasteiger partial charge in [-0.25, -0.2) is 0 Å². The highest BCUT2D eigenvalue weighted by Crippen LogP contribution is 2.27. The summed E-state index contributed by atoms with van der Waals surface area (Å²) in [6.45, 7) is 4.15. The number of ether oxygens (including phenoxy) is 2. The van der Waals surface area contributed by atoms with Gasteiger partial charge in [0.1, 0.15) is 13.2 Å². The molecule has 0 amide bonds. The number of alkyl halides is 6. The Bertz CT molecular complexity index is 375. The Kier molecular flexibility index (Phi) is 9.51. The van der Waals surface area contributed by atoms with Crippen molar-refractivity contribution in [3.05, 3.63) is 12.2 Å². The van der Waals surface area contributed by atoms with Gasteiger partial charge in [-0.1, -0.05) is 32.9 Å². The summed E-state index contributed by atoms with van der Waals surface area (Å²) in [6.07, 6.45) is -2.70. The van der Waals surface area contributed by atoms with Crippen molar-refractivity contribution in [3.63, 3.8) is 0 Å². The molecule has 0 radical (unpaired) electrons. The molecule has 0 fully saturated rings. The van der Waals surface area contributed by atoms with Gasteiger partial charge >= 0.3 is 12.4 Å². The molecule has 0 saturated heterocycles. The minimum atomic E-state index is -4.63. The molecule has 8 heteroatoms. The monoisotopic (exact) mass is 378 g/mol. The lowest BCUT2D eigenvalue weighted by molar-refractivity contribution is -0.305. The molecule has 0 rings (SSSR count). The Morgan fingerprint density at radius 1 is 0.680 bits per heavy atom. The lowest BCUT2D eigenvalue weighted by Gasteiger charge is -2.30. The summed E-state index contributed by atoms with van der Waals surface area (Å²) < 4.78 is 82.8. The highest BCUT2D eigenvalue weighted by atomic mass is 19.4. The summed E-state index contributed by atoms with van der Waals surface area (Å²) in [5.41, 5.74) is 0.225.